The normalized spacial score (nSPS) is 9.94. The third-order valence-corrected chi connectivity index (χ3v) is 2.59. The Morgan fingerprint density at radius 2 is 2.28 bits per heavy atom. The van der Waals surface area contributed by atoms with Crippen molar-refractivity contribution in [2.24, 2.45) is 7.05 Å². The fourth-order valence-electron chi connectivity index (χ4n) is 1.77. The lowest BCUT2D eigenvalue weighted by molar-refractivity contribution is -0.118. The standard InChI is InChI=1S/C13H14N4O/c1-9-12-11(5-4-6-14-10(2)18)7-17(3)13(12)16-8-15-9/h7-8H,6H2,1-3H3,(H,14,18). The molecule has 92 valence electrons. The molecule has 0 saturated heterocycles. The first-order valence-electron chi connectivity index (χ1n) is 5.59. The van der Waals surface area contributed by atoms with Crippen LogP contribution in [0.4, 0.5) is 0 Å². The van der Waals surface area contributed by atoms with Gasteiger partial charge in [0.25, 0.3) is 0 Å². The first-order valence-corrected chi connectivity index (χ1v) is 5.59. The molecule has 2 aromatic rings. The van der Waals surface area contributed by atoms with Crippen LogP contribution in [0.2, 0.25) is 0 Å². The predicted molar refractivity (Wildman–Crippen MR) is 68.8 cm³/mol. The van der Waals surface area contributed by atoms with E-state index in [9.17, 15) is 4.79 Å². The highest BCUT2D eigenvalue weighted by atomic mass is 16.1. The van der Waals surface area contributed by atoms with Gasteiger partial charge in [-0.3, -0.25) is 4.79 Å². The van der Waals surface area contributed by atoms with E-state index in [0.717, 1.165) is 22.3 Å². The van der Waals surface area contributed by atoms with Gasteiger partial charge in [0.05, 0.1) is 23.2 Å². The van der Waals surface area contributed by atoms with Crippen LogP contribution in [-0.4, -0.2) is 27.0 Å². The number of carbonyl (C=O) groups is 1. The topological polar surface area (TPSA) is 59.8 Å². The number of fused-ring (bicyclic) bond motifs is 1. The number of carbonyl (C=O) groups excluding carboxylic acids is 1. The molecular formula is C13H14N4O. The summed E-state index contributed by atoms with van der Waals surface area (Å²) >= 11 is 0. The Balaban J connectivity index is 2.37. The minimum atomic E-state index is -0.0817. The second-order valence-corrected chi connectivity index (χ2v) is 4.02. The van der Waals surface area contributed by atoms with Gasteiger partial charge in [-0.25, -0.2) is 9.97 Å². The molecule has 5 nitrogen and oxygen atoms in total. The predicted octanol–water partition coefficient (Wildman–Crippen LogP) is 0.764. The summed E-state index contributed by atoms with van der Waals surface area (Å²) in [5.74, 6) is 5.87. The second-order valence-electron chi connectivity index (χ2n) is 4.02. The Kier molecular flexibility index (Phi) is 3.28. The van der Waals surface area contributed by atoms with Crippen LogP contribution in [0.1, 0.15) is 18.2 Å². The molecule has 2 rings (SSSR count). The van der Waals surface area contributed by atoms with Crippen LogP contribution >= 0.6 is 0 Å². The third kappa shape index (κ3) is 2.33. The highest BCUT2D eigenvalue weighted by molar-refractivity contribution is 5.85. The average Bonchev–Trinajstić information content (AvgIpc) is 2.63. The van der Waals surface area contributed by atoms with Crippen LogP contribution in [-0.2, 0) is 11.8 Å². The number of nitrogens with zero attached hydrogens (tertiary/aromatic N) is 3. The van der Waals surface area contributed by atoms with Crippen molar-refractivity contribution in [3.05, 3.63) is 23.8 Å². The van der Waals surface area contributed by atoms with Gasteiger partial charge in [0.2, 0.25) is 5.91 Å². The molecule has 1 N–H and O–H groups in total. The van der Waals surface area contributed by atoms with E-state index in [-0.39, 0.29) is 5.91 Å². The third-order valence-electron chi connectivity index (χ3n) is 2.59. The largest absolute Gasteiger partial charge is 0.345 e. The summed E-state index contributed by atoms with van der Waals surface area (Å²) in [4.78, 5) is 19.1. The maximum Gasteiger partial charge on any atom is 0.217 e. The minimum Gasteiger partial charge on any atom is -0.345 e. The van der Waals surface area contributed by atoms with E-state index in [1.807, 2.05) is 24.7 Å². The van der Waals surface area contributed by atoms with Gasteiger partial charge in [0.1, 0.15) is 12.0 Å². The first kappa shape index (κ1) is 12.1. The number of hydrogen-bond donors (Lipinski definition) is 1. The van der Waals surface area contributed by atoms with Crippen LogP contribution in [0.25, 0.3) is 11.0 Å². The van der Waals surface area contributed by atoms with Crippen molar-refractivity contribution in [3.63, 3.8) is 0 Å². The van der Waals surface area contributed by atoms with E-state index in [2.05, 4.69) is 27.1 Å². The number of aromatic nitrogens is 3. The maximum absolute atomic E-state index is 10.7. The molecule has 0 unspecified atom stereocenters. The van der Waals surface area contributed by atoms with Crippen LogP contribution in [0.15, 0.2) is 12.5 Å². The summed E-state index contributed by atoms with van der Waals surface area (Å²) in [5, 5.41) is 3.60. The molecular weight excluding hydrogens is 228 g/mol. The zero-order valence-electron chi connectivity index (χ0n) is 10.6. The lowest BCUT2D eigenvalue weighted by Crippen LogP contribution is -2.19. The molecule has 0 saturated carbocycles. The Morgan fingerprint density at radius 1 is 1.50 bits per heavy atom. The molecule has 0 aliphatic rings. The zero-order valence-corrected chi connectivity index (χ0v) is 10.6. The molecule has 0 aliphatic heterocycles. The van der Waals surface area contributed by atoms with E-state index in [0.29, 0.717) is 6.54 Å². The molecule has 0 radical (unpaired) electrons. The number of hydrogen-bond acceptors (Lipinski definition) is 3. The van der Waals surface area contributed by atoms with Gasteiger partial charge in [0, 0.05) is 20.2 Å². The van der Waals surface area contributed by atoms with Gasteiger partial charge in [0.15, 0.2) is 0 Å². The highest BCUT2D eigenvalue weighted by Crippen LogP contribution is 2.19. The van der Waals surface area contributed by atoms with Gasteiger partial charge in [-0.15, -0.1) is 0 Å². The Bertz CT molecular complexity index is 661. The Morgan fingerprint density at radius 3 is 3.00 bits per heavy atom. The summed E-state index contributed by atoms with van der Waals surface area (Å²) in [6.45, 7) is 3.75. The van der Waals surface area contributed by atoms with Crippen LogP contribution < -0.4 is 5.32 Å². The molecule has 18 heavy (non-hydrogen) atoms. The number of nitrogens with one attached hydrogen (secondary N) is 1. The van der Waals surface area contributed by atoms with Crippen molar-refractivity contribution in [2.45, 2.75) is 13.8 Å². The van der Waals surface area contributed by atoms with Crippen molar-refractivity contribution < 1.29 is 4.79 Å². The number of amides is 1. The summed E-state index contributed by atoms with van der Waals surface area (Å²) in [6.07, 6.45) is 3.47. The molecule has 5 heteroatoms. The molecule has 2 aromatic heterocycles. The van der Waals surface area contributed by atoms with Gasteiger partial charge >= 0.3 is 0 Å². The molecule has 0 aliphatic carbocycles. The highest BCUT2D eigenvalue weighted by Gasteiger charge is 2.08. The summed E-state index contributed by atoms with van der Waals surface area (Å²) < 4.78 is 1.92. The van der Waals surface area contributed by atoms with Gasteiger partial charge < -0.3 is 9.88 Å². The second kappa shape index (κ2) is 4.88. The van der Waals surface area contributed by atoms with Crippen LogP contribution in [0.3, 0.4) is 0 Å². The molecule has 0 spiro atoms. The Labute approximate surface area is 105 Å². The van der Waals surface area contributed by atoms with Crippen molar-refractivity contribution in [1.29, 1.82) is 0 Å². The lowest BCUT2D eigenvalue weighted by atomic mass is 10.2. The van der Waals surface area contributed by atoms with Gasteiger partial charge in [-0.2, -0.15) is 0 Å². The molecule has 0 aromatic carbocycles. The monoisotopic (exact) mass is 242 g/mol. The Hall–Kier alpha value is -2.35. The fourth-order valence-corrected chi connectivity index (χ4v) is 1.77. The SMILES string of the molecule is CC(=O)NCC#Cc1cn(C)c2ncnc(C)c12. The fraction of sp³-hybridized carbons (Fsp3) is 0.308. The van der Waals surface area contributed by atoms with E-state index in [1.54, 1.807) is 6.33 Å². The molecule has 0 bridgehead atoms. The van der Waals surface area contributed by atoms with Crippen molar-refractivity contribution in [3.8, 4) is 11.8 Å². The number of rotatable bonds is 1. The van der Waals surface area contributed by atoms with E-state index < -0.39 is 0 Å². The van der Waals surface area contributed by atoms with E-state index >= 15 is 0 Å². The zero-order chi connectivity index (χ0) is 13.1. The van der Waals surface area contributed by atoms with Crippen molar-refractivity contribution in [1.82, 2.24) is 19.9 Å². The summed E-state index contributed by atoms with van der Waals surface area (Å²) in [5.41, 5.74) is 2.66. The smallest absolute Gasteiger partial charge is 0.217 e. The van der Waals surface area contributed by atoms with Crippen molar-refractivity contribution in [2.75, 3.05) is 6.54 Å². The van der Waals surface area contributed by atoms with Crippen LogP contribution in [0, 0.1) is 18.8 Å². The van der Waals surface area contributed by atoms with E-state index in [4.69, 9.17) is 0 Å². The van der Waals surface area contributed by atoms with Crippen molar-refractivity contribution >= 4 is 16.9 Å². The lowest BCUT2D eigenvalue weighted by Gasteiger charge is -1.96. The summed E-state index contributed by atoms with van der Waals surface area (Å²) in [6, 6.07) is 0. The quantitative estimate of drug-likeness (QED) is 0.751. The molecule has 0 fully saturated rings. The first-order chi connectivity index (χ1) is 8.59. The minimum absolute atomic E-state index is 0.0817. The summed E-state index contributed by atoms with van der Waals surface area (Å²) in [7, 11) is 1.92. The molecule has 2 heterocycles. The molecule has 1 amide bonds. The van der Waals surface area contributed by atoms with Gasteiger partial charge in [-0.05, 0) is 6.92 Å². The maximum atomic E-state index is 10.7. The van der Waals surface area contributed by atoms with Crippen LogP contribution in [0.5, 0.6) is 0 Å². The molecule has 0 atom stereocenters. The number of aryl methyl sites for hydroxylation is 2. The van der Waals surface area contributed by atoms with E-state index in [1.165, 1.54) is 6.92 Å². The average molecular weight is 242 g/mol. The van der Waals surface area contributed by atoms with Gasteiger partial charge in [-0.1, -0.05) is 11.8 Å².